The highest BCUT2D eigenvalue weighted by molar-refractivity contribution is 5.81. The Morgan fingerprint density at radius 3 is 0.917 bits per heavy atom. The number of carbonyl (C=O) groups excluding carboxylic acids is 1. The maximum absolute atomic E-state index is 11.1. The van der Waals surface area contributed by atoms with Crippen molar-refractivity contribution in [3.8, 4) is 0 Å². The molecule has 288 valence electrons. The zero-order valence-corrected chi connectivity index (χ0v) is 34.1. The van der Waals surface area contributed by atoms with Gasteiger partial charge < -0.3 is 21.6 Å². The third-order valence-electron chi connectivity index (χ3n) is 10.6. The van der Waals surface area contributed by atoms with Gasteiger partial charge in [0.25, 0.3) is 0 Å². The molecule has 0 N–H and O–H groups in total. The molecule has 0 bridgehead atoms. The van der Waals surface area contributed by atoms with Crippen molar-refractivity contribution in [3.05, 3.63) is 12.7 Å². The van der Waals surface area contributed by atoms with Gasteiger partial charge in [-0.25, -0.2) is 4.79 Å². The van der Waals surface area contributed by atoms with Crippen molar-refractivity contribution in [2.24, 2.45) is 0 Å². The smallest absolute Gasteiger partial charge is 0.330 e. The molecule has 0 aromatic carbocycles. The van der Waals surface area contributed by atoms with Crippen molar-refractivity contribution < 1.29 is 26.4 Å². The van der Waals surface area contributed by atoms with Crippen LogP contribution in [0.5, 0.6) is 0 Å². The van der Waals surface area contributed by atoms with Gasteiger partial charge in [0.2, 0.25) is 0 Å². The Balaban J connectivity index is 0. The van der Waals surface area contributed by atoms with Gasteiger partial charge in [-0.3, -0.25) is 0 Å². The Labute approximate surface area is 309 Å². The zero-order chi connectivity index (χ0) is 34.4. The number of halogens is 1. The average Bonchev–Trinajstić information content (AvgIpc) is 3.08. The highest BCUT2D eigenvalue weighted by Crippen LogP contribution is 2.21. The summed E-state index contributed by atoms with van der Waals surface area (Å²) in [6, 6.07) is 0. The molecule has 0 saturated heterocycles. The van der Waals surface area contributed by atoms with E-state index in [-0.39, 0.29) is 18.4 Å². The molecule has 4 heteroatoms. The average molecular weight is 699 g/mol. The lowest BCUT2D eigenvalue weighted by atomic mass is 10.0. The molecule has 0 fully saturated rings. The molecular weight excluding hydrogens is 610 g/mol. The van der Waals surface area contributed by atoms with Gasteiger partial charge in [-0.05, 0) is 57.8 Å². The fourth-order valence-electron chi connectivity index (χ4n) is 7.43. The van der Waals surface area contributed by atoms with E-state index in [1.54, 1.807) is 0 Å². The number of carbonyl (C=O) groups is 1. The molecule has 0 aliphatic rings. The summed E-state index contributed by atoms with van der Waals surface area (Å²) in [7, 11) is 0. The number of nitrogens with zero attached hydrogens (tertiary/aromatic N) is 1. The van der Waals surface area contributed by atoms with E-state index in [1.165, 1.54) is 242 Å². The van der Waals surface area contributed by atoms with E-state index >= 15 is 0 Å². The van der Waals surface area contributed by atoms with Crippen LogP contribution in [0.15, 0.2) is 12.7 Å². The van der Waals surface area contributed by atoms with E-state index in [2.05, 4.69) is 27.4 Å². The maximum atomic E-state index is 11.1. The number of hydrogen-bond acceptors (Lipinski definition) is 2. The van der Waals surface area contributed by atoms with Gasteiger partial charge >= 0.3 is 5.97 Å². The first-order chi connectivity index (χ1) is 23.1. The fraction of sp³-hybridized carbons (Fsp3) is 0.932. The van der Waals surface area contributed by atoms with Crippen molar-refractivity contribution in [3.63, 3.8) is 0 Å². The van der Waals surface area contributed by atoms with Crippen LogP contribution >= 0.6 is 0 Å². The Morgan fingerprint density at radius 2 is 0.646 bits per heavy atom. The summed E-state index contributed by atoms with van der Waals surface area (Å²) in [4.78, 5) is 11.1. The number of quaternary nitrogens is 1. The minimum atomic E-state index is -0.292. The lowest BCUT2D eigenvalue weighted by Gasteiger charge is -2.40. The topological polar surface area (TPSA) is 26.3 Å². The summed E-state index contributed by atoms with van der Waals surface area (Å²) < 4.78 is 6.52. The molecule has 0 aliphatic carbocycles. The third kappa shape index (κ3) is 35.3. The Hall–Kier alpha value is -0.540. The summed E-state index contributed by atoms with van der Waals surface area (Å²) >= 11 is 0. The molecule has 0 radical (unpaired) electrons. The van der Waals surface area contributed by atoms with Crippen molar-refractivity contribution >= 4 is 5.97 Å². The van der Waals surface area contributed by atoms with E-state index < -0.39 is 0 Å². The van der Waals surface area contributed by atoms with Crippen molar-refractivity contribution in [2.45, 2.75) is 233 Å². The molecule has 0 unspecified atom stereocenters. The quantitative estimate of drug-likeness (QED) is 0.0276. The summed E-state index contributed by atoms with van der Waals surface area (Å²) in [6.07, 6.45) is 47.5. The monoisotopic (exact) mass is 698 g/mol. The van der Waals surface area contributed by atoms with E-state index in [0.717, 1.165) is 6.42 Å². The molecule has 0 aromatic rings. The molecule has 0 spiro atoms. The number of esters is 1. The zero-order valence-electron chi connectivity index (χ0n) is 33.3. The first-order valence-corrected chi connectivity index (χ1v) is 21.8. The third-order valence-corrected chi connectivity index (χ3v) is 10.6. The minimum Gasteiger partial charge on any atom is -1.00 e. The highest BCUT2D eigenvalue weighted by atomic mass is 35.5. The Morgan fingerprint density at radius 1 is 0.417 bits per heavy atom. The molecule has 48 heavy (non-hydrogen) atoms. The summed E-state index contributed by atoms with van der Waals surface area (Å²) in [5, 5.41) is 0. The van der Waals surface area contributed by atoms with E-state index in [1.807, 2.05) is 0 Å². The predicted octanol–water partition coefficient (Wildman–Crippen LogP) is 11.5. The maximum Gasteiger partial charge on any atom is 0.330 e. The molecule has 0 atom stereocenters. The fourth-order valence-corrected chi connectivity index (χ4v) is 7.43. The molecule has 0 amide bonds. The van der Waals surface area contributed by atoms with Crippen molar-refractivity contribution in [2.75, 3.05) is 32.8 Å². The molecular formula is C44H88ClNO2. The Bertz CT molecular complexity index is 617. The van der Waals surface area contributed by atoms with Gasteiger partial charge in [-0.1, -0.05) is 181 Å². The molecule has 0 rings (SSSR count). The van der Waals surface area contributed by atoms with Gasteiger partial charge in [0, 0.05) is 6.08 Å². The molecule has 0 aliphatic heterocycles. The second-order valence-corrected chi connectivity index (χ2v) is 15.2. The lowest BCUT2D eigenvalue weighted by molar-refractivity contribution is -0.929. The van der Waals surface area contributed by atoms with Gasteiger partial charge in [0.15, 0.2) is 0 Å². The van der Waals surface area contributed by atoms with Crippen LogP contribution in [0.4, 0.5) is 0 Å². The van der Waals surface area contributed by atoms with Crippen LogP contribution in [0.1, 0.15) is 233 Å². The van der Waals surface area contributed by atoms with Crippen molar-refractivity contribution in [1.29, 1.82) is 0 Å². The van der Waals surface area contributed by atoms with E-state index in [9.17, 15) is 4.79 Å². The second-order valence-electron chi connectivity index (χ2n) is 15.2. The molecule has 0 aromatic heterocycles. The van der Waals surface area contributed by atoms with Crippen LogP contribution in [0.25, 0.3) is 0 Å². The van der Waals surface area contributed by atoms with Crippen LogP contribution in [0.3, 0.4) is 0 Å². The minimum absolute atomic E-state index is 0. The van der Waals surface area contributed by atoms with Crippen molar-refractivity contribution in [1.82, 2.24) is 0 Å². The van der Waals surface area contributed by atoms with Crippen LogP contribution in [-0.4, -0.2) is 43.2 Å². The standard InChI is InChI=1S/C44H88NO2.ClH/c1-5-9-12-15-17-22-26-30-35-40-45(39-34-14-11-7-3,41-36-31-27-23-18-16-13-10-6-2)42-37-32-28-24-20-19-21-25-29-33-38-43-47-44(46)8-4;/h8H,4-7,9-43H2,1-3H3;1H/q+1;/p-1. The number of unbranched alkanes of at least 4 members (excludes halogenated alkanes) is 29. The van der Waals surface area contributed by atoms with Crippen LogP contribution in [0, 0.1) is 0 Å². The number of ether oxygens (including phenoxy) is 1. The molecule has 3 nitrogen and oxygen atoms in total. The summed E-state index contributed by atoms with van der Waals surface area (Å²) in [6.45, 7) is 16.8. The predicted molar refractivity (Wildman–Crippen MR) is 210 cm³/mol. The lowest BCUT2D eigenvalue weighted by Crippen LogP contribution is -3.00. The number of rotatable bonds is 40. The van der Waals surface area contributed by atoms with Crippen LogP contribution < -0.4 is 12.4 Å². The molecule has 0 heterocycles. The van der Waals surface area contributed by atoms with Gasteiger partial charge in [0.05, 0.1) is 32.8 Å². The summed E-state index contributed by atoms with van der Waals surface area (Å²) in [5.74, 6) is -0.292. The molecule has 0 saturated carbocycles. The van der Waals surface area contributed by atoms with Crippen LogP contribution in [0.2, 0.25) is 0 Å². The highest BCUT2D eigenvalue weighted by Gasteiger charge is 2.25. The van der Waals surface area contributed by atoms with Gasteiger partial charge in [-0.2, -0.15) is 0 Å². The largest absolute Gasteiger partial charge is 1.00 e. The van der Waals surface area contributed by atoms with Crippen LogP contribution in [-0.2, 0) is 9.53 Å². The van der Waals surface area contributed by atoms with E-state index in [0.29, 0.717) is 6.61 Å². The SMILES string of the molecule is C=CC(=O)OCCCCCCCCCCCCC[N+](CCCCCC)(CCCCCCCCCCC)CCCCCCCCCCC.[Cl-]. The van der Waals surface area contributed by atoms with Gasteiger partial charge in [-0.15, -0.1) is 0 Å². The first kappa shape index (κ1) is 49.6. The first-order valence-electron chi connectivity index (χ1n) is 21.8. The number of hydrogen-bond donors (Lipinski definition) is 0. The summed E-state index contributed by atoms with van der Waals surface area (Å²) in [5.41, 5.74) is 0. The normalized spacial score (nSPS) is 11.5. The van der Waals surface area contributed by atoms with E-state index in [4.69, 9.17) is 4.74 Å². The van der Waals surface area contributed by atoms with Gasteiger partial charge in [0.1, 0.15) is 0 Å². The second kappa shape index (κ2) is 40.9. The Kier molecular flexibility index (Phi) is 42.2.